The molecule has 1 fully saturated rings. The lowest BCUT2D eigenvalue weighted by molar-refractivity contribution is -0.132. The van der Waals surface area contributed by atoms with Gasteiger partial charge < -0.3 is 4.90 Å². The van der Waals surface area contributed by atoms with Gasteiger partial charge in [0.25, 0.3) is 0 Å². The van der Waals surface area contributed by atoms with Crippen molar-refractivity contribution in [3.8, 4) is 0 Å². The van der Waals surface area contributed by atoms with Crippen LogP contribution in [0.5, 0.6) is 0 Å². The lowest BCUT2D eigenvalue weighted by Gasteiger charge is -2.31. The van der Waals surface area contributed by atoms with Gasteiger partial charge in [0, 0.05) is 44.0 Å². The molecule has 0 unspecified atom stereocenters. The second kappa shape index (κ2) is 6.96. The number of carbonyl (C=O) groups is 1. The molecule has 1 amide bonds. The molecule has 1 aliphatic rings. The van der Waals surface area contributed by atoms with Crippen molar-refractivity contribution in [2.45, 2.75) is 31.7 Å². The lowest BCUT2D eigenvalue weighted by atomic mass is 9.93. The van der Waals surface area contributed by atoms with Gasteiger partial charge in [0.2, 0.25) is 5.91 Å². The molecule has 128 valence electrons. The number of benzene rings is 1. The second-order valence-corrected chi connectivity index (χ2v) is 6.34. The van der Waals surface area contributed by atoms with E-state index < -0.39 is 0 Å². The van der Waals surface area contributed by atoms with Crippen LogP contribution in [0.25, 0.3) is 11.0 Å². The maximum absolute atomic E-state index is 12.5. The summed E-state index contributed by atoms with van der Waals surface area (Å²) in [6.07, 6.45) is 7.58. The summed E-state index contributed by atoms with van der Waals surface area (Å²) in [6.45, 7) is 2.11. The SMILES string of the molecule is O=C(CCn1nnc2ccccc21)N1CCC(c2cnccn2)CC1. The largest absolute Gasteiger partial charge is 0.343 e. The van der Waals surface area contributed by atoms with E-state index in [2.05, 4.69) is 20.3 Å². The normalized spacial score (nSPS) is 15.6. The van der Waals surface area contributed by atoms with Crippen LogP contribution in [0.4, 0.5) is 0 Å². The van der Waals surface area contributed by atoms with Gasteiger partial charge in [-0.15, -0.1) is 5.10 Å². The fourth-order valence-corrected chi connectivity index (χ4v) is 3.39. The third-order valence-electron chi connectivity index (χ3n) is 4.81. The molecule has 1 saturated heterocycles. The number of fused-ring (bicyclic) bond motifs is 1. The standard InChI is InChI=1S/C18H20N6O/c25-18(7-12-24-17-4-2-1-3-15(17)21-22-24)23-10-5-14(6-11-23)16-13-19-8-9-20-16/h1-4,8-9,13-14H,5-7,10-12H2. The summed E-state index contributed by atoms with van der Waals surface area (Å²) in [5.74, 6) is 0.578. The van der Waals surface area contributed by atoms with Crippen LogP contribution in [0, 0.1) is 0 Å². The summed E-state index contributed by atoms with van der Waals surface area (Å²) < 4.78 is 1.81. The number of para-hydroxylation sites is 1. The summed E-state index contributed by atoms with van der Waals surface area (Å²) >= 11 is 0. The van der Waals surface area contributed by atoms with E-state index in [1.807, 2.05) is 35.4 Å². The predicted molar refractivity (Wildman–Crippen MR) is 92.7 cm³/mol. The van der Waals surface area contributed by atoms with E-state index in [1.165, 1.54) is 0 Å². The summed E-state index contributed by atoms with van der Waals surface area (Å²) in [5, 5.41) is 8.27. The highest BCUT2D eigenvalue weighted by molar-refractivity contribution is 5.77. The zero-order chi connectivity index (χ0) is 17.1. The predicted octanol–water partition coefficient (Wildman–Crippen LogP) is 2.02. The molecule has 3 heterocycles. The first-order valence-corrected chi connectivity index (χ1v) is 8.63. The van der Waals surface area contributed by atoms with Gasteiger partial charge in [0.1, 0.15) is 5.52 Å². The summed E-state index contributed by atoms with van der Waals surface area (Å²) in [4.78, 5) is 23.0. The molecular weight excluding hydrogens is 316 g/mol. The van der Waals surface area contributed by atoms with E-state index >= 15 is 0 Å². The minimum absolute atomic E-state index is 0.178. The quantitative estimate of drug-likeness (QED) is 0.728. The average molecular weight is 336 g/mol. The molecule has 2 aromatic heterocycles. The molecular formula is C18H20N6O. The van der Waals surface area contributed by atoms with Crippen LogP contribution >= 0.6 is 0 Å². The van der Waals surface area contributed by atoms with Crippen LogP contribution in [0.2, 0.25) is 0 Å². The smallest absolute Gasteiger partial charge is 0.224 e. The first kappa shape index (κ1) is 15.7. The van der Waals surface area contributed by atoms with E-state index in [-0.39, 0.29) is 5.91 Å². The number of piperidine rings is 1. The van der Waals surface area contributed by atoms with Gasteiger partial charge in [0.15, 0.2) is 0 Å². The topological polar surface area (TPSA) is 76.8 Å². The van der Waals surface area contributed by atoms with Crippen molar-refractivity contribution >= 4 is 16.9 Å². The molecule has 0 radical (unpaired) electrons. The molecule has 25 heavy (non-hydrogen) atoms. The summed E-state index contributed by atoms with van der Waals surface area (Å²) in [7, 11) is 0. The third kappa shape index (κ3) is 3.35. The molecule has 0 bridgehead atoms. The van der Waals surface area contributed by atoms with Crippen molar-refractivity contribution < 1.29 is 4.79 Å². The van der Waals surface area contributed by atoms with Crippen molar-refractivity contribution in [1.29, 1.82) is 0 Å². The number of nitrogens with zero attached hydrogens (tertiary/aromatic N) is 6. The fraction of sp³-hybridized carbons (Fsp3) is 0.389. The number of aryl methyl sites for hydroxylation is 1. The number of hydrogen-bond acceptors (Lipinski definition) is 5. The van der Waals surface area contributed by atoms with E-state index in [0.29, 0.717) is 18.9 Å². The van der Waals surface area contributed by atoms with Gasteiger partial charge in [-0.05, 0) is 25.0 Å². The van der Waals surface area contributed by atoms with Crippen LogP contribution in [-0.4, -0.2) is 48.9 Å². The van der Waals surface area contributed by atoms with Gasteiger partial charge in [-0.1, -0.05) is 17.3 Å². The Hall–Kier alpha value is -2.83. The van der Waals surface area contributed by atoms with Gasteiger partial charge >= 0.3 is 0 Å². The zero-order valence-corrected chi connectivity index (χ0v) is 14.0. The second-order valence-electron chi connectivity index (χ2n) is 6.34. The maximum Gasteiger partial charge on any atom is 0.224 e. The Morgan fingerprint density at radius 2 is 2.00 bits per heavy atom. The van der Waals surface area contributed by atoms with Gasteiger partial charge in [0.05, 0.1) is 17.8 Å². The summed E-state index contributed by atoms with van der Waals surface area (Å²) in [5.41, 5.74) is 2.86. The summed E-state index contributed by atoms with van der Waals surface area (Å²) in [6, 6.07) is 7.80. The molecule has 7 nitrogen and oxygen atoms in total. The lowest BCUT2D eigenvalue weighted by Crippen LogP contribution is -2.38. The molecule has 0 spiro atoms. The van der Waals surface area contributed by atoms with Crippen molar-refractivity contribution in [1.82, 2.24) is 29.9 Å². The Balaban J connectivity index is 1.32. The number of carbonyl (C=O) groups excluding carboxylic acids is 1. The molecule has 1 aliphatic heterocycles. The number of rotatable bonds is 4. The Morgan fingerprint density at radius 3 is 2.80 bits per heavy atom. The molecule has 3 aromatic rings. The Kier molecular flexibility index (Phi) is 4.37. The van der Waals surface area contributed by atoms with Crippen LogP contribution in [0.1, 0.15) is 30.9 Å². The first-order valence-electron chi connectivity index (χ1n) is 8.63. The van der Waals surface area contributed by atoms with Gasteiger partial charge in [-0.2, -0.15) is 0 Å². The highest BCUT2D eigenvalue weighted by atomic mass is 16.2. The molecule has 1 aromatic carbocycles. The molecule has 0 aliphatic carbocycles. The van der Waals surface area contributed by atoms with E-state index in [4.69, 9.17) is 0 Å². The van der Waals surface area contributed by atoms with Crippen LogP contribution in [0.3, 0.4) is 0 Å². The number of amides is 1. The number of aromatic nitrogens is 5. The number of hydrogen-bond donors (Lipinski definition) is 0. The van der Waals surface area contributed by atoms with Gasteiger partial charge in [-0.25, -0.2) is 4.68 Å². The third-order valence-corrected chi connectivity index (χ3v) is 4.81. The minimum Gasteiger partial charge on any atom is -0.343 e. The van der Waals surface area contributed by atoms with E-state index in [9.17, 15) is 4.79 Å². The Bertz CT molecular complexity index is 854. The van der Waals surface area contributed by atoms with Crippen molar-refractivity contribution in [2.24, 2.45) is 0 Å². The minimum atomic E-state index is 0.178. The zero-order valence-electron chi connectivity index (χ0n) is 14.0. The highest BCUT2D eigenvalue weighted by Crippen LogP contribution is 2.26. The molecule has 7 heteroatoms. The van der Waals surface area contributed by atoms with E-state index in [0.717, 1.165) is 42.7 Å². The monoisotopic (exact) mass is 336 g/mol. The van der Waals surface area contributed by atoms with E-state index in [1.54, 1.807) is 17.1 Å². The van der Waals surface area contributed by atoms with Gasteiger partial charge in [-0.3, -0.25) is 14.8 Å². The molecule has 4 rings (SSSR count). The maximum atomic E-state index is 12.5. The first-order chi connectivity index (χ1) is 12.3. The van der Waals surface area contributed by atoms with Crippen molar-refractivity contribution in [3.05, 3.63) is 48.5 Å². The Labute approximate surface area is 145 Å². The van der Waals surface area contributed by atoms with Crippen LogP contribution in [0.15, 0.2) is 42.9 Å². The molecule has 0 saturated carbocycles. The van der Waals surface area contributed by atoms with Crippen molar-refractivity contribution in [2.75, 3.05) is 13.1 Å². The average Bonchev–Trinajstić information content (AvgIpc) is 3.10. The van der Waals surface area contributed by atoms with Crippen molar-refractivity contribution in [3.63, 3.8) is 0 Å². The van der Waals surface area contributed by atoms with Crippen LogP contribution in [-0.2, 0) is 11.3 Å². The Morgan fingerprint density at radius 1 is 1.16 bits per heavy atom. The molecule has 0 N–H and O–H groups in total. The van der Waals surface area contributed by atoms with Crippen LogP contribution < -0.4 is 0 Å². The highest BCUT2D eigenvalue weighted by Gasteiger charge is 2.24. The fourth-order valence-electron chi connectivity index (χ4n) is 3.39. The number of likely N-dealkylation sites (tertiary alicyclic amines) is 1. The molecule has 0 atom stereocenters.